The first-order valence-electron chi connectivity index (χ1n) is 3.16. The average molecular weight is 229 g/mol. The number of fused-ring (bicyclic) bond motifs is 1. The Morgan fingerprint density at radius 2 is 2.27 bits per heavy atom. The highest BCUT2D eigenvalue weighted by Crippen LogP contribution is 2.24. The van der Waals surface area contributed by atoms with Gasteiger partial charge in [0, 0.05) is 9.86 Å². The number of rotatable bonds is 0. The Labute approximate surface area is 75.0 Å². The van der Waals surface area contributed by atoms with Crippen LogP contribution in [0.1, 0.15) is 0 Å². The van der Waals surface area contributed by atoms with Crippen molar-refractivity contribution in [2.45, 2.75) is 0 Å². The summed E-state index contributed by atoms with van der Waals surface area (Å²) in [5.74, 6) is 0. The predicted octanol–water partition coefficient (Wildman–Crippen LogP) is 2.44. The van der Waals surface area contributed by atoms with E-state index in [2.05, 4.69) is 30.4 Å². The van der Waals surface area contributed by atoms with Crippen molar-refractivity contribution in [3.8, 4) is 0 Å². The summed E-state index contributed by atoms with van der Waals surface area (Å²) in [6, 6.07) is 6.04. The van der Waals surface area contributed by atoms with Crippen LogP contribution in [0.2, 0.25) is 0 Å². The fraction of sp³-hybridized carbons (Fsp3) is 0. The standard InChI is InChI=1S/C7H6BrN2P/c8-6-3-1-2-5-4-9-10(11)7(5)6/h1-4H,11H2. The maximum Gasteiger partial charge on any atom is 0.0859 e. The van der Waals surface area contributed by atoms with Crippen molar-refractivity contribution in [2.75, 3.05) is 0 Å². The molecule has 0 N–H and O–H groups in total. The van der Waals surface area contributed by atoms with E-state index >= 15 is 0 Å². The van der Waals surface area contributed by atoms with E-state index in [1.54, 1.807) is 4.45 Å². The SMILES string of the molecule is Pn1ncc2cccc(Br)c21. The van der Waals surface area contributed by atoms with Crippen molar-refractivity contribution < 1.29 is 0 Å². The summed E-state index contributed by atoms with van der Waals surface area (Å²) in [6.07, 6.45) is 1.84. The molecule has 2 nitrogen and oxygen atoms in total. The summed E-state index contributed by atoms with van der Waals surface area (Å²) in [6.45, 7) is 0. The second-order valence-electron chi connectivity index (χ2n) is 2.27. The first kappa shape index (κ1) is 7.26. The summed E-state index contributed by atoms with van der Waals surface area (Å²) < 4.78 is 2.85. The van der Waals surface area contributed by atoms with Crippen LogP contribution < -0.4 is 0 Å². The monoisotopic (exact) mass is 228 g/mol. The van der Waals surface area contributed by atoms with Crippen molar-refractivity contribution >= 4 is 36.2 Å². The maximum atomic E-state index is 4.11. The molecule has 1 heterocycles. The molecule has 0 saturated carbocycles. The molecule has 56 valence electrons. The number of benzene rings is 1. The Kier molecular flexibility index (Phi) is 1.70. The van der Waals surface area contributed by atoms with E-state index in [-0.39, 0.29) is 0 Å². The quantitative estimate of drug-likeness (QED) is 0.634. The lowest BCUT2D eigenvalue weighted by Crippen LogP contribution is -1.80. The Bertz CT molecular complexity index is 396. The van der Waals surface area contributed by atoms with Crippen LogP contribution in [0, 0.1) is 0 Å². The first-order chi connectivity index (χ1) is 5.29. The predicted molar refractivity (Wildman–Crippen MR) is 52.5 cm³/mol. The fourth-order valence-electron chi connectivity index (χ4n) is 1.06. The zero-order valence-corrected chi connectivity index (χ0v) is 8.40. The van der Waals surface area contributed by atoms with Crippen LogP contribution in [0.25, 0.3) is 10.9 Å². The van der Waals surface area contributed by atoms with Gasteiger partial charge in [-0.2, -0.15) is 5.10 Å². The highest BCUT2D eigenvalue weighted by atomic mass is 79.9. The van der Waals surface area contributed by atoms with E-state index in [0.29, 0.717) is 0 Å². The first-order valence-corrected chi connectivity index (χ1v) is 4.47. The topological polar surface area (TPSA) is 17.8 Å². The Morgan fingerprint density at radius 1 is 1.45 bits per heavy atom. The van der Waals surface area contributed by atoms with Gasteiger partial charge in [0.25, 0.3) is 0 Å². The molecule has 0 aliphatic carbocycles. The van der Waals surface area contributed by atoms with Gasteiger partial charge in [-0.25, -0.2) is 4.45 Å². The van der Waals surface area contributed by atoms with E-state index < -0.39 is 0 Å². The number of hydrogen-bond donors (Lipinski definition) is 0. The third-order valence-electron chi connectivity index (χ3n) is 1.57. The van der Waals surface area contributed by atoms with Gasteiger partial charge in [0.2, 0.25) is 0 Å². The average Bonchev–Trinajstić information content (AvgIpc) is 2.34. The van der Waals surface area contributed by atoms with Gasteiger partial charge >= 0.3 is 0 Å². The lowest BCUT2D eigenvalue weighted by atomic mass is 10.3. The van der Waals surface area contributed by atoms with Crippen molar-refractivity contribution in [3.05, 3.63) is 28.9 Å². The van der Waals surface area contributed by atoms with Gasteiger partial charge in [-0.05, 0) is 31.4 Å². The molecular weight excluding hydrogens is 223 g/mol. The van der Waals surface area contributed by atoms with Gasteiger partial charge < -0.3 is 0 Å². The number of para-hydroxylation sites is 1. The largest absolute Gasteiger partial charge is 0.250 e. The van der Waals surface area contributed by atoms with Crippen molar-refractivity contribution in [1.82, 2.24) is 9.55 Å². The van der Waals surface area contributed by atoms with Gasteiger partial charge in [0.1, 0.15) is 0 Å². The van der Waals surface area contributed by atoms with Gasteiger partial charge in [-0.1, -0.05) is 12.1 Å². The van der Waals surface area contributed by atoms with Gasteiger partial charge in [-0.15, -0.1) is 0 Å². The second kappa shape index (κ2) is 2.58. The molecule has 0 aliphatic rings. The van der Waals surface area contributed by atoms with Crippen LogP contribution >= 0.6 is 25.3 Å². The van der Waals surface area contributed by atoms with E-state index in [1.165, 1.54) is 0 Å². The molecule has 1 atom stereocenters. The van der Waals surface area contributed by atoms with E-state index in [9.17, 15) is 0 Å². The van der Waals surface area contributed by atoms with E-state index in [0.717, 1.165) is 15.4 Å². The van der Waals surface area contributed by atoms with E-state index in [4.69, 9.17) is 0 Å². The van der Waals surface area contributed by atoms with Crippen LogP contribution in [0.4, 0.5) is 0 Å². The van der Waals surface area contributed by atoms with Crippen LogP contribution in [-0.2, 0) is 0 Å². The summed E-state index contributed by atoms with van der Waals surface area (Å²) in [4.78, 5) is 0. The van der Waals surface area contributed by atoms with Crippen LogP contribution in [0.15, 0.2) is 28.9 Å². The molecule has 0 fully saturated rings. The van der Waals surface area contributed by atoms with Crippen LogP contribution in [-0.4, -0.2) is 9.55 Å². The smallest absolute Gasteiger partial charge is 0.0859 e. The molecule has 1 unspecified atom stereocenters. The molecule has 1 aromatic carbocycles. The van der Waals surface area contributed by atoms with Crippen molar-refractivity contribution in [3.63, 3.8) is 0 Å². The van der Waals surface area contributed by atoms with E-state index in [1.807, 2.05) is 24.4 Å². The summed E-state index contributed by atoms with van der Waals surface area (Å²) >= 11 is 3.45. The molecule has 0 saturated heterocycles. The Hall–Kier alpha value is -0.400. The van der Waals surface area contributed by atoms with Gasteiger partial charge in [0.15, 0.2) is 0 Å². The Morgan fingerprint density at radius 3 is 3.00 bits per heavy atom. The molecule has 0 aliphatic heterocycles. The highest BCUT2D eigenvalue weighted by Gasteiger charge is 2.01. The zero-order chi connectivity index (χ0) is 7.84. The normalized spacial score (nSPS) is 10.7. The van der Waals surface area contributed by atoms with Gasteiger partial charge in [0.05, 0.1) is 11.7 Å². The molecule has 0 bridgehead atoms. The molecule has 1 aromatic heterocycles. The lowest BCUT2D eigenvalue weighted by molar-refractivity contribution is 1.04. The summed E-state index contributed by atoms with van der Waals surface area (Å²) in [5, 5.41) is 5.25. The highest BCUT2D eigenvalue weighted by molar-refractivity contribution is 9.10. The molecule has 0 radical (unpaired) electrons. The maximum absolute atomic E-state index is 4.11. The van der Waals surface area contributed by atoms with Crippen LogP contribution in [0.5, 0.6) is 0 Å². The zero-order valence-electron chi connectivity index (χ0n) is 5.66. The van der Waals surface area contributed by atoms with Crippen molar-refractivity contribution in [1.29, 1.82) is 0 Å². The molecule has 2 aromatic rings. The third kappa shape index (κ3) is 1.09. The molecule has 11 heavy (non-hydrogen) atoms. The van der Waals surface area contributed by atoms with Crippen LogP contribution in [0.3, 0.4) is 0 Å². The number of halogens is 1. The lowest BCUT2D eigenvalue weighted by Gasteiger charge is -1.95. The minimum Gasteiger partial charge on any atom is -0.250 e. The summed E-state index contributed by atoms with van der Waals surface area (Å²) in [5.41, 5.74) is 1.11. The molecule has 4 heteroatoms. The fourth-order valence-corrected chi connectivity index (χ4v) is 2.17. The molecular formula is C7H6BrN2P. The summed E-state index contributed by atoms with van der Waals surface area (Å²) in [7, 11) is 2.54. The molecule has 2 rings (SSSR count). The Balaban J connectivity index is 2.96. The minimum atomic E-state index is 1.07. The van der Waals surface area contributed by atoms with Gasteiger partial charge in [-0.3, -0.25) is 0 Å². The third-order valence-corrected chi connectivity index (χ3v) is 2.60. The molecule has 0 spiro atoms. The van der Waals surface area contributed by atoms with Crippen molar-refractivity contribution in [2.24, 2.45) is 0 Å². The second-order valence-corrected chi connectivity index (χ2v) is 3.61. The molecule has 0 amide bonds. The minimum absolute atomic E-state index is 1.07. The number of nitrogens with zero attached hydrogens (tertiary/aromatic N) is 2. The number of hydrogen-bond acceptors (Lipinski definition) is 1. The number of aromatic nitrogens is 2.